The first kappa shape index (κ1) is 19.2. The average molecular weight is 417 g/mol. The molecule has 0 amide bonds. The molecule has 4 aromatic rings. The molecule has 2 aliphatic rings. The Balaban J connectivity index is 1.37. The Bertz CT molecular complexity index is 1350. The van der Waals surface area contributed by atoms with E-state index in [4.69, 9.17) is 0 Å². The van der Waals surface area contributed by atoms with Gasteiger partial charge >= 0.3 is 0 Å². The number of hydrogen-bond acceptors (Lipinski definition) is 1. The molecular formula is C30H28N2. The second-order valence-corrected chi connectivity index (χ2v) is 8.92. The summed E-state index contributed by atoms with van der Waals surface area (Å²) in [4.78, 5) is 0. The van der Waals surface area contributed by atoms with E-state index in [1.165, 1.54) is 57.9 Å². The van der Waals surface area contributed by atoms with Gasteiger partial charge in [0.1, 0.15) is 0 Å². The second-order valence-electron chi connectivity index (χ2n) is 8.92. The number of rotatable bonds is 4. The van der Waals surface area contributed by atoms with Crippen molar-refractivity contribution in [3.63, 3.8) is 0 Å². The quantitative estimate of drug-likeness (QED) is 0.333. The molecule has 3 aromatic carbocycles. The van der Waals surface area contributed by atoms with Gasteiger partial charge in [-0.15, -0.1) is 0 Å². The number of benzene rings is 3. The smallest absolute Gasteiger partial charge is 0.0522 e. The van der Waals surface area contributed by atoms with Gasteiger partial charge in [-0.2, -0.15) is 0 Å². The van der Waals surface area contributed by atoms with Gasteiger partial charge in [0.2, 0.25) is 0 Å². The van der Waals surface area contributed by atoms with Crippen LogP contribution in [0.4, 0.5) is 5.69 Å². The first-order chi connectivity index (χ1) is 15.9. The molecule has 2 nitrogen and oxygen atoms in total. The number of allylic oxidation sites excluding steroid dienone is 4. The summed E-state index contributed by atoms with van der Waals surface area (Å²) >= 11 is 0. The Labute approximate surface area is 189 Å². The number of nitrogens with zero attached hydrogens (tertiary/aromatic N) is 1. The van der Waals surface area contributed by atoms with Crippen LogP contribution >= 0.6 is 0 Å². The summed E-state index contributed by atoms with van der Waals surface area (Å²) in [5, 5.41) is 6.30. The largest absolute Gasteiger partial charge is 0.379 e. The number of para-hydroxylation sites is 1. The summed E-state index contributed by atoms with van der Waals surface area (Å²) in [7, 11) is 0. The highest BCUT2D eigenvalue weighted by Gasteiger charge is 2.18. The van der Waals surface area contributed by atoms with E-state index in [9.17, 15) is 0 Å². The van der Waals surface area contributed by atoms with Crippen LogP contribution in [0.25, 0.3) is 32.9 Å². The fourth-order valence-electron chi connectivity index (χ4n) is 5.21. The van der Waals surface area contributed by atoms with Gasteiger partial charge in [-0.05, 0) is 67.1 Å². The van der Waals surface area contributed by atoms with Crippen LogP contribution in [0.1, 0.15) is 31.7 Å². The van der Waals surface area contributed by atoms with Crippen LogP contribution in [0.3, 0.4) is 0 Å². The number of aromatic nitrogens is 1. The lowest BCUT2D eigenvalue weighted by Crippen LogP contribution is -2.16. The molecule has 6 rings (SSSR count). The minimum atomic E-state index is 0.377. The second kappa shape index (κ2) is 8.20. The van der Waals surface area contributed by atoms with Crippen LogP contribution in [0.2, 0.25) is 0 Å². The molecule has 2 aliphatic carbocycles. The fraction of sp³-hybridized carbons (Fsp3) is 0.200. The van der Waals surface area contributed by atoms with Gasteiger partial charge in [-0.1, -0.05) is 72.9 Å². The van der Waals surface area contributed by atoms with Crippen molar-refractivity contribution in [3.05, 3.63) is 103 Å². The van der Waals surface area contributed by atoms with E-state index in [2.05, 4.69) is 113 Å². The van der Waals surface area contributed by atoms with Crippen molar-refractivity contribution in [3.8, 4) is 11.1 Å². The Hall–Kier alpha value is -3.52. The Morgan fingerprint density at radius 3 is 2.41 bits per heavy atom. The van der Waals surface area contributed by atoms with Gasteiger partial charge in [0.25, 0.3) is 0 Å². The first-order valence-electron chi connectivity index (χ1n) is 11.8. The third-order valence-electron chi connectivity index (χ3n) is 6.82. The molecule has 0 spiro atoms. The monoisotopic (exact) mass is 416 g/mol. The standard InChI is InChI=1S/C30H28N2/c1-3-9-24(10-4-1)31-25-18-15-22(16-19-25)23-17-20-30-28(21-23)27-13-7-8-14-29(27)32(30)26-11-5-2-6-12-26/h1,3-5,7-9,11,13-21,24,26,31H,2,6,10,12H2. The lowest BCUT2D eigenvalue weighted by atomic mass is 10.0. The lowest BCUT2D eigenvalue weighted by Gasteiger charge is -2.21. The molecule has 0 radical (unpaired) electrons. The minimum Gasteiger partial charge on any atom is -0.379 e. The molecule has 0 aliphatic heterocycles. The summed E-state index contributed by atoms with van der Waals surface area (Å²) in [6, 6.07) is 25.5. The first-order valence-corrected chi connectivity index (χ1v) is 11.8. The molecule has 1 N–H and O–H groups in total. The summed E-state index contributed by atoms with van der Waals surface area (Å²) in [6.07, 6.45) is 18.1. The molecule has 1 aromatic heterocycles. The molecule has 0 fully saturated rings. The zero-order valence-corrected chi connectivity index (χ0v) is 18.2. The van der Waals surface area contributed by atoms with Crippen molar-refractivity contribution in [1.82, 2.24) is 4.57 Å². The van der Waals surface area contributed by atoms with Crippen molar-refractivity contribution in [2.75, 3.05) is 5.32 Å². The Morgan fingerprint density at radius 2 is 1.59 bits per heavy atom. The topological polar surface area (TPSA) is 17.0 Å². The maximum absolute atomic E-state index is 3.61. The van der Waals surface area contributed by atoms with Gasteiger partial charge < -0.3 is 9.88 Å². The number of anilines is 1. The number of nitrogens with one attached hydrogen (secondary N) is 1. The molecule has 158 valence electrons. The van der Waals surface area contributed by atoms with E-state index in [0.29, 0.717) is 12.1 Å². The Kier molecular flexibility index (Phi) is 4.92. The summed E-state index contributed by atoms with van der Waals surface area (Å²) in [6.45, 7) is 0. The Morgan fingerprint density at radius 1 is 0.750 bits per heavy atom. The van der Waals surface area contributed by atoms with Gasteiger partial charge in [0.15, 0.2) is 0 Å². The highest BCUT2D eigenvalue weighted by Crippen LogP contribution is 2.37. The zero-order chi connectivity index (χ0) is 21.3. The number of fused-ring (bicyclic) bond motifs is 3. The van der Waals surface area contributed by atoms with Gasteiger partial charge in [0, 0.05) is 33.5 Å². The SMILES string of the molecule is C1=CCC(Nc2ccc(-c3ccc4c(c3)c3ccccc3n4C3C=CCCC3)cc2)C=C1. The third kappa shape index (κ3) is 3.46. The van der Waals surface area contributed by atoms with Crippen molar-refractivity contribution >= 4 is 27.5 Å². The van der Waals surface area contributed by atoms with Crippen LogP contribution in [0.5, 0.6) is 0 Å². The highest BCUT2D eigenvalue weighted by molar-refractivity contribution is 6.09. The van der Waals surface area contributed by atoms with E-state index >= 15 is 0 Å². The van der Waals surface area contributed by atoms with Crippen LogP contribution in [-0.2, 0) is 0 Å². The van der Waals surface area contributed by atoms with Gasteiger partial charge in [0.05, 0.1) is 6.04 Å². The molecule has 0 saturated heterocycles. The summed E-state index contributed by atoms with van der Waals surface area (Å²) < 4.78 is 2.54. The van der Waals surface area contributed by atoms with Crippen molar-refractivity contribution < 1.29 is 0 Å². The van der Waals surface area contributed by atoms with E-state index in [-0.39, 0.29) is 0 Å². The van der Waals surface area contributed by atoms with Crippen molar-refractivity contribution in [1.29, 1.82) is 0 Å². The zero-order valence-electron chi connectivity index (χ0n) is 18.2. The maximum Gasteiger partial charge on any atom is 0.0522 e. The van der Waals surface area contributed by atoms with Crippen LogP contribution < -0.4 is 5.32 Å². The van der Waals surface area contributed by atoms with Crippen molar-refractivity contribution in [2.45, 2.75) is 37.8 Å². The van der Waals surface area contributed by atoms with Crippen LogP contribution in [0.15, 0.2) is 103 Å². The molecule has 2 atom stereocenters. The summed E-state index contributed by atoms with van der Waals surface area (Å²) in [5.74, 6) is 0. The van der Waals surface area contributed by atoms with E-state index in [1.54, 1.807) is 0 Å². The molecule has 1 heterocycles. The third-order valence-corrected chi connectivity index (χ3v) is 6.82. The molecule has 2 heteroatoms. The summed E-state index contributed by atoms with van der Waals surface area (Å²) in [5.41, 5.74) is 6.37. The molecule has 32 heavy (non-hydrogen) atoms. The van der Waals surface area contributed by atoms with Crippen molar-refractivity contribution in [2.24, 2.45) is 0 Å². The molecular weight excluding hydrogens is 388 g/mol. The van der Waals surface area contributed by atoms with E-state index < -0.39 is 0 Å². The minimum absolute atomic E-state index is 0.377. The fourth-order valence-corrected chi connectivity index (χ4v) is 5.21. The highest BCUT2D eigenvalue weighted by atomic mass is 15.0. The maximum atomic E-state index is 3.61. The molecule has 0 bridgehead atoms. The predicted octanol–water partition coefficient (Wildman–Crippen LogP) is 8.04. The molecule has 2 unspecified atom stereocenters. The molecule has 0 saturated carbocycles. The van der Waals surface area contributed by atoms with Gasteiger partial charge in [-0.25, -0.2) is 0 Å². The lowest BCUT2D eigenvalue weighted by molar-refractivity contribution is 0.542. The average Bonchev–Trinajstić information content (AvgIpc) is 3.19. The predicted molar refractivity (Wildman–Crippen MR) is 137 cm³/mol. The van der Waals surface area contributed by atoms with E-state index in [1.807, 2.05) is 0 Å². The van der Waals surface area contributed by atoms with E-state index in [0.717, 1.165) is 6.42 Å². The normalized spacial score (nSPS) is 20.2. The van der Waals surface area contributed by atoms with Gasteiger partial charge in [-0.3, -0.25) is 0 Å². The van der Waals surface area contributed by atoms with Crippen LogP contribution in [0, 0.1) is 0 Å². The number of hydrogen-bond donors (Lipinski definition) is 1. The van der Waals surface area contributed by atoms with Crippen LogP contribution in [-0.4, -0.2) is 10.6 Å².